The molecular weight excluding hydrogens is 292 g/mol. The first-order valence-electron chi connectivity index (χ1n) is 6.39. The molecule has 1 unspecified atom stereocenters. The number of nitrogens with one attached hydrogen (secondary N) is 1. The lowest BCUT2D eigenvalue weighted by atomic mass is 10.1. The normalized spacial score (nSPS) is 13.2. The van der Waals surface area contributed by atoms with Gasteiger partial charge in [-0.1, -0.05) is 13.0 Å². The molecule has 2 rings (SSSR count). The Balaban J connectivity index is 2.41. The van der Waals surface area contributed by atoms with Crippen LogP contribution in [0.15, 0.2) is 35.4 Å². The summed E-state index contributed by atoms with van der Waals surface area (Å²) in [5.74, 6) is -1.84. The van der Waals surface area contributed by atoms with Gasteiger partial charge in [-0.2, -0.15) is 0 Å². The Kier molecular flexibility index (Phi) is 4.24. The van der Waals surface area contributed by atoms with Crippen LogP contribution in [-0.4, -0.2) is 31.0 Å². The Bertz CT molecular complexity index is 787. The number of carbonyl (C=O) groups is 1. The van der Waals surface area contributed by atoms with E-state index in [1.807, 2.05) is 6.92 Å². The van der Waals surface area contributed by atoms with E-state index in [1.165, 1.54) is 13.0 Å². The van der Waals surface area contributed by atoms with E-state index in [0.717, 1.165) is 5.56 Å². The van der Waals surface area contributed by atoms with Crippen molar-refractivity contribution in [2.45, 2.75) is 18.7 Å². The van der Waals surface area contributed by atoms with Gasteiger partial charge in [0.2, 0.25) is 10.0 Å². The van der Waals surface area contributed by atoms with Crippen molar-refractivity contribution in [2.75, 3.05) is 6.54 Å². The van der Waals surface area contributed by atoms with Crippen LogP contribution in [0.25, 0.3) is 10.9 Å². The van der Waals surface area contributed by atoms with Crippen LogP contribution in [0.4, 0.5) is 0 Å². The molecule has 0 bridgehead atoms. The molecule has 1 heterocycles. The van der Waals surface area contributed by atoms with E-state index in [0.29, 0.717) is 10.9 Å². The number of carboxylic acids is 1. The first-order valence-corrected chi connectivity index (χ1v) is 7.88. The standard InChI is InChI=1S/C14H16N2O4S/c1-9-5-6-12(11-4-3-7-15-13(9)11)21(19,20)16-8-10(2)14(17)18/h3-7,10,16H,8H2,1-2H3,(H,17,18). The number of carboxylic acid groups (broad SMARTS) is 1. The summed E-state index contributed by atoms with van der Waals surface area (Å²) >= 11 is 0. The lowest BCUT2D eigenvalue weighted by Gasteiger charge is -2.12. The van der Waals surface area contributed by atoms with Crippen molar-refractivity contribution < 1.29 is 18.3 Å². The average molecular weight is 308 g/mol. The number of rotatable bonds is 5. The number of sulfonamides is 1. The summed E-state index contributed by atoms with van der Waals surface area (Å²) in [5, 5.41) is 9.33. The summed E-state index contributed by atoms with van der Waals surface area (Å²) in [4.78, 5) is 15.1. The Morgan fingerprint density at radius 2 is 2.10 bits per heavy atom. The van der Waals surface area contributed by atoms with Crippen molar-refractivity contribution in [1.82, 2.24) is 9.71 Å². The second-order valence-electron chi connectivity index (χ2n) is 4.87. The van der Waals surface area contributed by atoms with Gasteiger partial charge in [0.25, 0.3) is 0 Å². The molecule has 0 fully saturated rings. The minimum atomic E-state index is -3.79. The van der Waals surface area contributed by atoms with E-state index in [4.69, 9.17) is 5.11 Å². The van der Waals surface area contributed by atoms with E-state index in [1.54, 1.807) is 24.4 Å². The van der Waals surface area contributed by atoms with Crippen molar-refractivity contribution in [1.29, 1.82) is 0 Å². The molecule has 1 aromatic carbocycles. The summed E-state index contributed by atoms with van der Waals surface area (Å²) in [6.45, 7) is 3.14. The molecule has 0 aliphatic carbocycles. The quantitative estimate of drug-likeness (QED) is 0.873. The largest absolute Gasteiger partial charge is 0.481 e. The SMILES string of the molecule is Cc1ccc(S(=O)(=O)NCC(C)C(=O)O)c2cccnc12. The average Bonchev–Trinajstić information content (AvgIpc) is 2.45. The third-order valence-electron chi connectivity index (χ3n) is 3.22. The van der Waals surface area contributed by atoms with E-state index < -0.39 is 21.9 Å². The van der Waals surface area contributed by atoms with Crippen LogP contribution < -0.4 is 4.72 Å². The molecule has 2 aromatic rings. The minimum Gasteiger partial charge on any atom is -0.481 e. The highest BCUT2D eigenvalue weighted by atomic mass is 32.2. The zero-order chi connectivity index (χ0) is 15.6. The highest BCUT2D eigenvalue weighted by molar-refractivity contribution is 7.89. The number of aryl methyl sites for hydroxylation is 1. The fraction of sp³-hybridized carbons (Fsp3) is 0.286. The van der Waals surface area contributed by atoms with E-state index in [-0.39, 0.29) is 11.4 Å². The highest BCUT2D eigenvalue weighted by Gasteiger charge is 2.20. The Morgan fingerprint density at radius 3 is 2.76 bits per heavy atom. The number of aliphatic carboxylic acids is 1. The van der Waals surface area contributed by atoms with Crippen molar-refractivity contribution in [3.63, 3.8) is 0 Å². The second-order valence-corrected chi connectivity index (χ2v) is 6.61. The molecule has 7 heteroatoms. The summed E-state index contributed by atoms with van der Waals surface area (Å²) in [5.41, 5.74) is 1.50. The molecule has 0 aliphatic rings. The summed E-state index contributed by atoms with van der Waals surface area (Å²) < 4.78 is 27.0. The first kappa shape index (κ1) is 15.4. The lowest BCUT2D eigenvalue weighted by molar-refractivity contribution is -0.140. The topological polar surface area (TPSA) is 96.4 Å². The summed E-state index contributed by atoms with van der Waals surface area (Å²) in [6.07, 6.45) is 1.60. The molecule has 2 N–H and O–H groups in total. The van der Waals surface area contributed by atoms with Gasteiger partial charge in [0.05, 0.1) is 16.3 Å². The number of hydrogen-bond donors (Lipinski definition) is 2. The molecule has 0 radical (unpaired) electrons. The van der Waals surface area contributed by atoms with Crippen molar-refractivity contribution in [2.24, 2.45) is 5.92 Å². The molecule has 1 aromatic heterocycles. The van der Waals surface area contributed by atoms with Gasteiger partial charge in [0, 0.05) is 18.1 Å². The molecular formula is C14H16N2O4S. The summed E-state index contributed by atoms with van der Waals surface area (Å²) in [6, 6.07) is 6.54. The van der Waals surface area contributed by atoms with Crippen LogP contribution in [0.3, 0.4) is 0 Å². The molecule has 1 atom stereocenters. The van der Waals surface area contributed by atoms with Gasteiger partial charge >= 0.3 is 5.97 Å². The van der Waals surface area contributed by atoms with Gasteiger partial charge in [0.1, 0.15) is 0 Å². The summed E-state index contributed by atoms with van der Waals surface area (Å²) in [7, 11) is -3.79. The van der Waals surface area contributed by atoms with Gasteiger partial charge < -0.3 is 5.11 Å². The minimum absolute atomic E-state index is 0.105. The zero-order valence-electron chi connectivity index (χ0n) is 11.7. The molecule has 0 amide bonds. The predicted molar refractivity (Wildman–Crippen MR) is 78.5 cm³/mol. The van der Waals surface area contributed by atoms with Gasteiger partial charge in [-0.25, -0.2) is 13.1 Å². The maximum Gasteiger partial charge on any atom is 0.307 e. The Labute approximate surface area is 122 Å². The number of hydrogen-bond acceptors (Lipinski definition) is 4. The van der Waals surface area contributed by atoms with Crippen LogP contribution in [0.1, 0.15) is 12.5 Å². The van der Waals surface area contributed by atoms with Gasteiger partial charge in [-0.05, 0) is 30.7 Å². The monoisotopic (exact) mass is 308 g/mol. The van der Waals surface area contributed by atoms with E-state index in [2.05, 4.69) is 9.71 Å². The number of nitrogens with zero attached hydrogens (tertiary/aromatic N) is 1. The van der Waals surface area contributed by atoms with Crippen molar-refractivity contribution in [3.8, 4) is 0 Å². The van der Waals surface area contributed by atoms with Crippen LogP contribution >= 0.6 is 0 Å². The third-order valence-corrected chi connectivity index (χ3v) is 4.70. The smallest absolute Gasteiger partial charge is 0.307 e. The molecule has 0 saturated carbocycles. The van der Waals surface area contributed by atoms with Crippen molar-refractivity contribution >= 4 is 26.9 Å². The van der Waals surface area contributed by atoms with E-state index in [9.17, 15) is 13.2 Å². The lowest BCUT2D eigenvalue weighted by Crippen LogP contribution is -2.31. The van der Waals surface area contributed by atoms with Gasteiger partial charge in [0.15, 0.2) is 0 Å². The fourth-order valence-corrected chi connectivity index (χ4v) is 3.25. The van der Waals surface area contributed by atoms with Crippen LogP contribution in [0, 0.1) is 12.8 Å². The maximum absolute atomic E-state index is 12.4. The maximum atomic E-state index is 12.4. The van der Waals surface area contributed by atoms with Crippen LogP contribution in [0.5, 0.6) is 0 Å². The fourth-order valence-electron chi connectivity index (χ4n) is 1.92. The van der Waals surface area contributed by atoms with Crippen molar-refractivity contribution in [3.05, 3.63) is 36.0 Å². The number of fused-ring (bicyclic) bond motifs is 1. The predicted octanol–water partition coefficient (Wildman–Crippen LogP) is 1.54. The third kappa shape index (κ3) is 3.20. The molecule has 21 heavy (non-hydrogen) atoms. The van der Waals surface area contributed by atoms with E-state index >= 15 is 0 Å². The number of pyridine rings is 1. The van der Waals surface area contributed by atoms with Crippen LogP contribution in [0.2, 0.25) is 0 Å². The van der Waals surface area contributed by atoms with Crippen LogP contribution in [-0.2, 0) is 14.8 Å². The Hall–Kier alpha value is -1.99. The van der Waals surface area contributed by atoms with Gasteiger partial charge in [-0.15, -0.1) is 0 Å². The first-order chi connectivity index (χ1) is 9.83. The molecule has 0 aliphatic heterocycles. The molecule has 112 valence electrons. The zero-order valence-corrected chi connectivity index (χ0v) is 12.5. The molecule has 6 nitrogen and oxygen atoms in total. The second kappa shape index (κ2) is 5.79. The Morgan fingerprint density at radius 1 is 1.38 bits per heavy atom. The number of aromatic nitrogens is 1. The van der Waals surface area contributed by atoms with Gasteiger partial charge in [-0.3, -0.25) is 9.78 Å². The molecule has 0 spiro atoms. The highest BCUT2D eigenvalue weighted by Crippen LogP contribution is 2.24. The number of benzene rings is 1. The molecule has 0 saturated heterocycles.